The summed E-state index contributed by atoms with van der Waals surface area (Å²) in [5.41, 5.74) is 2.29. The molecule has 0 saturated carbocycles. The molecule has 3 heterocycles. The van der Waals surface area contributed by atoms with Crippen LogP contribution in [0.5, 0.6) is 0 Å². The summed E-state index contributed by atoms with van der Waals surface area (Å²) in [4.78, 5) is 16.9. The number of benzene rings is 1. The lowest BCUT2D eigenvalue weighted by Gasteiger charge is -2.28. The van der Waals surface area contributed by atoms with Crippen molar-refractivity contribution in [3.8, 4) is 5.69 Å². The number of hydrogen-bond acceptors (Lipinski definition) is 5. The van der Waals surface area contributed by atoms with Crippen LogP contribution >= 0.6 is 11.8 Å². The predicted molar refractivity (Wildman–Crippen MR) is 113 cm³/mol. The van der Waals surface area contributed by atoms with Gasteiger partial charge in [0.25, 0.3) is 0 Å². The van der Waals surface area contributed by atoms with E-state index in [2.05, 4.69) is 50.9 Å². The molecule has 6 nitrogen and oxygen atoms in total. The van der Waals surface area contributed by atoms with Crippen molar-refractivity contribution in [3.05, 3.63) is 29.8 Å². The molecule has 2 aliphatic rings. The molecule has 0 aliphatic carbocycles. The molecule has 0 spiro atoms. The third kappa shape index (κ3) is 4.35. The van der Waals surface area contributed by atoms with E-state index in [-0.39, 0.29) is 5.91 Å². The van der Waals surface area contributed by atoms with Crippen molar-refractivity contribution in [1.29, 1.82) is 0 Å². The highest BCUT2D eigenvalue weighted by atomic mass is 32.2. The molecular weight excluding hydrogens is 370 g/mol. The van der Waals surface area contributed by atoms with Gasteiger partial charge in [0, 0.05) is 26.2 Å². The van der Waals surface area contributed by atoms with Crippen molar-refractivity contribution in [3.63, 3.8) is 0 Å². The number of amides is 1. The summed E-state index contributed by atoms with van der Waals surface area (Å²) in [7, 11) is 0. The van der Waals surface area contributed by atoms with E-state index in [1.807, 2.05) is 4.90 Å². The maximum Gasteiger partial charge on any atom is 0.233 e. The van der Waals surface area contributed by atoms with E-state index in [1.54, 1.807) is 0 Å². The molecule has 0 bridgehead atoms. The van der Waals surface area contributed by atoms with Gasteiger partial charge in [0.05, 0.1) is 11.4 Å². The fourth-order valence-electron chi connectivity index (χ4n) is 3.94. The fraction of sp³-hybridized carbons (Fsp3) is 0.571. The number of carbonyl (C=O) groups is 1. The third-order valence-corrected chi connectivity index (χ3v) is 6.49. The van der Waals surface area contributed by atoms with E-state index < -0.39 is 0 Å². The Morgan fingerprint density at radius 2 is 1.57 bits per heavy atom. The second kappa shape index (κ2) is 8.99. The van der Waals surface area contributed by atoms with Crippen molar-refractivity contribution in [1.82, 2.24) is 19.7 Å². The average molecular weight is 400 g/mol. The first-order valence-electron chi connectivity index (χ1n) is 10.4. The number of nitrogens with zero attached hydrogens (tertiary/aromatic N) is 5. The van der Waals surface area contributed by atoms with Gasteiger partial charge in [0.1, 0.15) is 0 Å². The number of rotatable bonds is 5. The Balaban J connectivity index is 1.56. The lowest BCUT2D eigenvalue weighted by molar-refractivity contribution is -0.129. The lowest BCUT2D eigenvalue weighted by atomic mass is 10.1. The number of piperidine rings is 2. The van der Waals surface area contributed by atoms with E-state index in [4.69, 9.17) is 0 Å². The van der Waals surface area contributed by atoms with Crippen LogP contribution < -0.4 is 4.90 Å². The number of hydrogen-bond donors (Lipinski definition) is 0. The van der Waals surface area contributed by atoms with Gasteiger partial charge in [-0.3, -0.25) is 9.36 Å². The molecule has 0 N–H and O–H groups in total. The van der Waals surface area contributed by atoms with Gasteiger partial charge in [-0.1, -0.05) is 29.5 Å². The molecule has 0 atom stereocenters. The Labute approximate surface area is 171 Å². The normalized spacial score (nSPS) is 17.8. The third-order valence-electron chi connectivity index (χ3n) is 5.58. The van der Waals surface area contributed by atoms with E-state index >= 15 is 0 Å². The number of carbonyl (C=O) groups excluding carboxylic acids is 1. The number of likely N-dealkylation sites (tertiary alicyclic amines) is 1. The lowest BCUT2D eigenvalue weighted by Crippen LogP contribution is -2.36. The average Bonchev–Trinajstić information content (AvgIpc) is 3.18. The van der Waals surface area contributed by atoms with Crippen molar-refractivity contribution in [2.24, 2.45) is 0 Å². The summed E-state index contributed by atoms with van der Waals surface area (Å²) < 4.78 is 2.12. The Morgan fingerprint density at radius 3 is 2.25 bits per heavy atom. The van der Waals surface area contributed by atoms with Crippen molar-refractivity contribution < 1.29 is 4.79 Å². The topological polar surface area (TPSA) is 54.3 Å². The molecule has 150 valence electrons. The van der Waals surface area contributed by atoms with Crippen LogP contribution in [0.25, 0.3) is 5.69 Å². The van der Waals surface area contributed by atoms with Gasteiger partial charge in [-0.2, -0.15) is 0 Å². The quantitative estimate of drug-likeness (QED) is 0.718. The van der Waals surface area contributed by atoms with E-state index in [1.165, 1.54) is 43.0 Å². The Kier molecular flexibility index (Phi) is 6.20. The molecule has 1 aromatic heterocycles. The minimum absolute atomic E-state index is 0.211. The predicted octanol–water partition coefficient (Wildman–Crippen LogP) is 3.67. The Morgan fingerprint density at radius 1 is 0.929 bits per heavy atom. The largest absolute Gasteiger partial charge is 0.342 e. The molecule has 2 aliphatic heterocycles. The smallest absolute Gasteiger partial charge is 0.233 e. The van der Waals surface area contributed by atoms with Crippen LogP contribution in [-0.2, 0) is 4.79 Å². The SMILES string of the molecule is Cc1ccc(-n2c(SCC(=O)N3CCCCC3)nnc2N2CCCCC2)cc1. The van der Waals surface area contributed by atoms with Gasteiger partial charge < -0.3 is 9.80 Å². The van der Waals surface area contributed by atoms with E-state index in [0.717, 1.165) is 55.8 Å². The number of thioether (sulfide) groups is 1. The summed E-state index contributed by atoms with van der Waals surface area (Å²) in [6.45, 7) is 5.91. The highest BCUT2D eigenvalue weighted by Gasteiger charge is 2.23. The summed E-state index contributed by atoms with van der Waals surface area (Å²) in [6, 6.07) is 8.45. The highest BCUT2D eigenvalue weighted by molar-refractivity contribution is 7.99. The number of aromatic nitrogens is 3. The standard InChI is InChI=1S/C21H29N5OS/c1-17-8-10-18(11-9-17)26-20(25-14-6-3-7-15-25)22-23-21(26)28-16-19(27)24-12-4-2-5-13-24/h8-11H,2-7,12-16H2,1H3. The van der Waals surface area contributed by atoms with Crippen LogP contribution in [0.1, 0.15) is 44.1 Å². The first kappa shape index (κ1) is 19.3. The summed E-state index contributed by atoms with van der Waals surface area (Å²) in [5, 5.41) is 9.79. The van der Waals surface area contributed by atoms with Crippen LogP contribution in [-0.4, -0.2) is 57.5 Å². The van der Waals surface area contributed by atoms with Crippen LogP contribution in [0.2, 0.25) is 0 Å². The molecule has 1 aromatic carbocycles. The molecule has 2 saturated heterocycles. The second-order valence-electron chi connectivity index (χ2n) is 7.73. The van der Waals surface area contributed by atoms with Gasteiger partial charge in [0.2, 0.25) is 11.9 Å². The minimum Gasteiger partial charge on any atom is -0.342 e. The van der Waals surface area contributed by atoms with Crippen LogP contribution in [0, 0.1) is 6.92 Å². The van der Waals surface area contributed by atoms with Crippen molar-refractivity contribution in [2.75, 3.05) is 36.8 Å². The van der Waals surface area contributed by atoms with Crippen LogP contribution in [0.3, 0.4) is 0 Å². The Hall–Kier alpha value is -2.02. The molecule has 0 radical (unpaired) electrons. The Bertz CT molecular complexity index is 792. The minimum atomic E-state index is 0.211. The monoisotopic (exact) mass is 399 g/mol. The van der Waals surface area contributed by atoms with E-state index in [0.29, 0.717) is 5.75 Å². The van der Waals surface area contributed by atoms with Crippen LogP contribution in [0.15, 0.2) is 29.4 Å². The molecule has 1 amide bonds. The molecule has 28 heavy (non-hydrogen) atoms. The van der Waals surface area contributed by atoms with Gasteiger partial charge in [-0.05, 0) is 57.6 Å². The maximum atomic E-state index is 12.6. The highest BCUT2D eigenvalue weighted by Crippen LogP contribution is 2.29. The number of aryl methyl sites for hydroxylation is 1. The molecule has 7 heteroatoms. The maximum absolute atomic E-state index is 12.6. The zero-order chi connectivity index (χ0) is 19.3. The molecule has 2 fully saturated rings. The second-order valence-corrected chi connectivity index (χ2v) is 8.67. The van der Waals surface area contributed by atoms with Gasteiger partial charge in [0.15, 0.2) is 5.16 Å². The van der Waals surface area contributed by atoms with Gasteiger partial charge in [-0.15, -0.1) is 10.2 Å². The van der Waals surface area contributed by atoms with Crippen molar-refractivity contribution >= 4 is 23.6 Å². The zero-order valence-corrected chi connectivity index (χ0v) is 17.5. The number of anilines is 1. The first-order chi connectivity index (χ1) is 13.7. The fourth-order valence-corrected chi connectivity index (χ4v) is 4.78. The summed E-state index contributed by atoms with van der Waals surface area (Å²) >= 11 is 1.50. The first-order valence-corrected chi connectivity index (χ1v) is 11.4. The molecule has 0 unspecified atom stereocenters. The van der Waals surface area contributed by atoms with Gasteiger partial charge >= 0.3 is 0 Å². The van der Waals surface area contributed by atoms with E-state index in [9.17, 15) is 4.79 Å². The van der Waals surface area contributed by atoms with Crippen LogP contribution in [0.4, 0.5) is 5.95 Å². The molecular formula is C21H29N5OS. The molecule has 4 rings (SSSR count). The summed E-state index contributed by atoms with van der Waals surface area (Å²) in [5.74, 6) is 1.53. The molecule has 2 aromatic rings. The zero-order valence-electron chi connectivity index (χ0n) is 16.6. The van der Waals surface area contributed by atoms with Crippen molar-refractivity contribution in [2.45, 2.75) is 50.6 Å². The van der Waals surface area contributed by atoms with Gasteiger partial charge in [-0.25, -0.2) is 0 Å². The summed E-state index contributed by atoms with van der Waals surface area (Å²) in [6.07, 6.45) is 7.14.